The van der Waals surface area contributed by atoms with Crippen LogP contribution in [0.1, 0.15) is 49.2 Å². The van der Waals surface area contributed by atoms with Crippen LogP contribution in [0.15, 0.2) is 22.5 Å². The third kappa shape index (κ3) is 10.1. The molecule has 1 amide bonds. The van der Waals surface area contributed by atoms with Gasteiger partial charge in [0.1, 0.15) is 0 Å². The van der Waals surface area contributed by atoms with Gasteiger partial charge in [-0.25, -0.2) is 0 Å². The minimum absolute atomic E-state index is 0. The van der Waals surface area contributed by atoms with Crippen molar-refractivity contribution in [2.24, 2.45) is 10.9 Å². The zero-order valence-electron chi connectivity index (χ0n) is 17.2. The highest BCUT2D eigenvalue weighted by molar-refractivity contribution is 14.0. The molecule has 0 aromatic carbocycles. The first kappa shape index (κ1) is 25.2. The van der Waals surface area contributed by atoms with Crippen molar-refractivity contribution in [1.29, 1.82) is 0 Å². The molecule has 160 valence electrons. The van der Waals surface area contributed by atoms with Gasteiger partial charge < -0.3 is 20.9 Å². The normalized spacial score (nSPS) is 15.7. The molecule has 1 aromatic rings. The number of rotatable bonds is 10. The molecule has 0 radical (unpaired) electrons. The predicted octanol–water partition coefficient (Wildman–Crippen LogP) is 3.16. The third-order valence-corrected chi connectivity index (χ3v) is 5.67. The van der Waals surface area contributed by atoms with Gasteiger partial charge in [0.05, 0.1) is 4.88 Å². The van der Waals surface area contributed by atoms with Gasteiger partial charge in [0.25, 0.3) is 5.91 Å². The fourth-order valence-corrected chi connectivity index (χ4v) is 3.74. The molecule has 1 fully saturated rings. The first-order valence-corrected chi connectivity index (χ1v) is 11.1. The van der Waals surface area contributed by atoms with Crippen LogP contribution in [0.5, 0.6) is 0 Å². The summed E-state index contributed by atoms with van der Waals surface area (Å²) >= 11 is 1.46. The van der Waals surface area contributed by atoms with Crippen molar-refractivity contribution in [3.8, 4) is 0 Å². The van der Waals surface area contributed by atoms with Crippen molar-refractivity contribution in [2.45, 2.75) is 39.5 Å². The molecule has 1 aliphatic heterocycles. The molecule has 0 bridgehead atoms. The summed E-state index contributed by atoms with van der Waals surface area (Å²) in [6, 6.07) is 3.74. The molecule has 6 nitrogen and oxygen atoms in total. The van der Waals surface area contributed by atoms with E-state index in [0.29, 0.717) is 13.1 Å². The summed E-state index contributed by atoms with van der Waals surface area (Å²) in [4.78, 5) is 19.8. The highest BCUT2D eigenvalue weighted by Crippen LogP contribution is 2.15. The number of amides is 1. The zero-order valence-corrected chi connectivity index (χ0v) is 20.4. The van der Waals surface area contributed by atoms with Crippen molar-refractivity contribution in [1.82, 2.24) is 20.9 Å². The number of piperidine rings is 1. The average Bonchev–Trinajstić information content (AvgIpc) is 3.21. The molecule has 8 heteroatoms. The average molecular weight is 522 g/mol. The Morgan fingerprint density at radius 2 is 1.96 bits per heavy atom. The molecule has 3 N–H and O–H groups in total. The number of guanidine groups is 1. The van der Waals surface area contributed by atoms with Gasteiger partial charge in [-0.2, -0.15) is 0 Å². The van der Waals surface area contributed by atoms with Crippen LogP contribution in [0.2, 0.25) is 0 Å². The van der Waals surface area contributed by atoms with Crippen LogP contribution in [0.3, 0.4) is 0 Å². The lowest BCUT2D eigenvalue weighted by atomic mass is 9.99. The summed E-state index contributed by atoms with van der Waals surface area (Å²) in [7, 11) is 0. The van der Waals surface area contributed by atoms with E-state index in [2.05, 4.69) is 39.7 Å². The number of aliphatic imine (C=N–C) groups is 1. The van der Waals surface area contributed by atoms with E-state index in [0.717, 1.165) is 49.2 Å². The smallest absolute Gasteiger partial charge is 0.261 e. The van der Waals surface area contributed by atoms with Gasteiger partial charge in [-0.05, 0) is 69.6 Å². The van der Waals surface area contributed by atoms with Crippen molar-refractivity contribution in [3.05, 3.63) is 22.4 Å². The quantitative estimate of drug-likeness (QED) is 0.192. The van der Waals surface area contributed by atoms with Crippen LogP contribution in [0.25, 0.3) is 0 Å². The van der Waals surface area contributed by atoms with Gasteiger partial charge in [0.2, 0.25) is 0 Å². The second kappa shape index (κ2) is 15.0. The van der Waals surface area contributed by atoms with Gasteiger partial charge in [-0.3, -0.25) is 9.79 Å². The Balaban J connectivity index is 0.00000392. The lowest BCUT2D eigenvalue weighted by Crippen LogP contribution is -2.40. The van der Waals surface area contributed by atoms with E-state index in [4.69, 9.17) is 0 Å². The lowest BCUT2D eigenvalue weighted by Gasteiger charge is -2.30. The molecule has 1 aromatic heterocycles. The van der Waals surface area contributed by atoms with Crippen LogP contribution in [0.4, 0.5) is 0 Å². The Morgan fingerprint density at radius 3 is 2.64 bits per heavy atom. The minimum atomic E-state index is 0. The second-order valence-electron chi connectivity index (χ2n) is 7.15. The number of nitrogens with one attached hydrogen (secondary N) is 3. The van der Waals surface area contributed by atoms with E-state index in [1.54, 1.807) is 0 Å². The van der Waals surface area contributed by atoms with Crippen LogP contribution in [0, 0.1) is 5.92 Å². The van der Waals surface area contributed by atoms with Crippen LogP contribution in [-0.4, -0.2) is 62.6 Å². The van der Waals surface area contributed by atoms with Gasteiger partial charge >= 0.3 is 0 Å². The van der Waals surface area contributed by atoms with Gasteiger partial charge in [0.15, 0.2) is 5.96 Å². The van der Waals surface area contributed by atoms with Crippen molar-refractivity contribution >= 4 is 47.2 Å². The number of nitrogens with zero attached hydrogens (tertiary/aromatic N) is 2. The number of carbonyl (C=O) groups is 1. The minimum Gasteiger partial charge on any atom is -0.357 e. The van der Waals surface area contributed by atoms with E-state index < -0.39 is 0 Å². The summed E-state index contributed by atoms with van der Waals surface area (Å²) in [5.74, 6) is 1.77. The van der Waals surface area contributed by atoms with E-state index in [9.17, 15) is 4.79 Å². The topological polar surface area (TPSA) is 68.8 Å². The Bertz CT molecular complexity index is 559. The molecule has 0 spiro atoms. The monoisotopic (exact) mass is 521 g/mol. The predicted molar refractivity (Wildman–Crippen MR) is 130 cm³/mol. The number of carbonyl (C=O) groups excluding carboxylic acids is 1. The molecular formula is C20H36IN5OS. The number of hydrogen-bond donors (Lipinski definition) is 3. The van der Waals surface area contributed by atoms with Gasteiger partial charge in [-0.1, -0.05) is 13.0 Å². The number of hydrogen-bond acceptors (Lipinski definition) is 4. The number of thiophene rings is 1. The maximum absolute atomic E-state index is 11.9. The summed E-state index contributed by atoms with van der Waals surface area (Å²) in [5.41, 5.74) is 0. The zero-order chi connectivity index (χ0) is 19.3. The van der Waals surface area contributed by atoms with E-state index in [-0.39, 0.29) is 29.9 Å². The Morgan fingerprint density at radius 1 is 1.21 bits per heavy atom. The molecule has 0 unspecified atom stereocenters. The van der Waals surface area contributed by atoms with E-state index >= 15 is 0 Å². The van der Waals surface area contributed by atoms with Gasteiger partial charge in [-0.15, -0.1) is 35.3 Å². The first-order chi connectivity index (χ1) is 13.2. The molecular weight excluding hydrogens is 485 g/mol. The van der Waals surface area contributed by atoms with Crippen molar-refractivity contribution in [3.63, 3.8) is 0 Å². The van der Waals surface area contributed by atoms with Crippen molar-refractivity contribution < 1.29 is 4.79 Å². The highest BCUT2D eigenvalue weighted by Gasteiger charge is 2.14. The van der Waals surface area contributed by atoms with E-state index in [1.165, 1.54) is 37.3 Å². The maximum Gasteiger partial charge on any atom is 0.261 e. The van der Waals surface area contributed by atoms with Crippen LogP contribution in [-0.2, 0) is 0 Å². The Kier molecular flexibility index (Phi) is 13.5. The molecule has 0 atom stereocenters. The molecule has 2 heterocycles. The fourth-order valence-electron chi connectivity index (χ4n) is 3.10. The first-order valence-electron chi connectivity index (χ1n) is 10.2. The standard InChI is InChI=1S/C20H35N5OS.HI/c1-3-21-20(24-12-6-13-25-14-8-17(2)9-15-25)23-11-5-10-22-19(26)18-7-4-16-27-18;/h4,7,16-17H,3,5-6,8-15H2,1-2H3,(H,22,26)(H2,21,23,24);1H. The number of halogens is 1. The summed E-state index contributed by atoms with van der Waals surface area (Å²) in [6.45, 7) is 11.2. The SMILES string of the molecule is CCNC(=NCCCNC(=O)c1cccs1)NCCCN1CCC(C)CC1.I. The van der Waals surface area contributed by atoms with Gasteiger partial charge in [0, 0.05) is 26.2 Å². The van der Waals surface area contributed by atoms with Crippen molar-refractivity contribution in [2.75, 3.05) is 45.8 Å². The summed E-state index contributed by atoms with van der Waals surface area (Å²) in [6.07, 6.45) is 4.64. The fraction of sp³-hybridized carbons (Fsp3) is 0.700. The number of likely N-dealkylation sites (tertiary alicyclic amines) is 1. The maximum atomic E-state index is 11.9. The molecule has 0 saturated carbocycles. The highest BCUT2D eigenvalue weighted by atomic mass is 127. The molecule has 1 saturated heterocycles. The second-order valence-corrected chi connectivity index (χ2v) is 8.10. The van der Waals surface area contributed by atoms with Crippen LogP contribution < -0.4 is 16.0 Å². The lowest BCUT2D eigenvalue weighted by molar-refractivity contribution is 0.0957. The van der Waals surface area contributed by atoms with E-state index in [1.807, 2.05) is 17.5 Å². The van der Waals surface area contributed by atoms with Crippen LogP contribution >= 0.6 is 35.3 Å². The third-order valence-electron chi connectivity index (χ3n) is 4.80. The largest absolute Gasteiger partial charge is 0.357 e. The molecule has 2 rings (SSSR count). The summed E-state index contributed by atoms with van der Waals surface area (Å²) in [5, 5.41) is 11.6. The Labute approximate surface area is 191 Å². The Hall–Kier alpha value is -0.870. The summed E-state index contributed by atoms with van der Waals surface area (Å²) < 4.78 is 0. The molecule has 0 aliphatic carbocycles. The molecule has 28 heavy (non-hydrogen) atoms. The molecule has 1 aliphatic rings.